The summed E-state index contributed by atoms with van der Waals surface area (Å²) < 4.78 is 5.54. The van der Waals surface area contributed by atoms with E-state index in [1.54, 1.807) is 17.5 Å². The van der Waals surface area contributed by atoms with E-state index in [2.05, 4.69) is 30.4 Å². The third-order valence-corrected chi connectivity index (χ3v) is 6.11. The van der Waals surface area contributed by atoms with E-state index in [1.165, 1.54) is 4.88 Å². The van der Waals surface area contributed by atoms with Gasteiger partial charge in [-0.15, -0.1) is 11.3 Å². The number of anilines is 3. The van der Waals surface area contributed by atoms with Crippen molar-refractivity contribution in [1.29, 1.82) is 0 Å². The molecule has 2 N–H and O–H groups in total. The van der Waals surface area contributed by atoms with E-state index in [4.69, 9.17) is 9.72 Å². The van der Waals surface area contributed by atoms with Crippen LogP contribution in [0.4, 0.5) is 16.9 Å². The number of nitrogens with zero attached hydrogens (tertiary/aromatic N) is 5. The molecule has 3 aromatic heterocycles. The predicted octanol–water partition coefficient (Wildman–Crippen LogP) is 2.92. The largest absolute Gasteiger partial charge is 0.381 e. The van der Waals surface area contributed by atoms with Crippen LogP contribution in [-0.2, 0) is 11.2 Å². The molecule has 3 aromatic rings. The zero-order valence-corrected chi connectivity index (χ0v) is 15.9. The highest BCUT2D eigenvalue weighted by Gasteiger charge is 2.30. The molecule has 0 atom stereocenters. The van der Waals surface area contributed by atoms with E-state index < -0.39 is 0 Å². The van der Waals surface area contributed by atoms with Gasteiger partial charge in [-0.2, -0.15) is 5.10 Å². The highest BCUT2D eigenvalue weighted by molar-refractivity contribution is 7.16. The number of thiazole rings is 1. The summed E-state index contributed by atoms with van der Waals surface area (Å²) in [5.41, 5.74) is 3.01. The first-order valence-corrected chi connectivity index (χ1v) is 10.0. The molecule has 140 valence electrons. The zero-order chi connectivity index (χ0) is 18.2. The molecule has 1 fully saturated rings. The minimum Gasteiger partial charge on any atom is -0.381 e. The fourth-order valence-electron chi connectivity index (χ4n) is 3.76. The van der Waals surface area contributed by atoms with Gasteiger partial charge in [-0.1, -0.05) is 0 Å². The van der Waals surface area contributed by atoms with Crippen LogP contribution in [0.1, 0.15) is 23.4 Å². The van der Waals surface area contributed by atoms with Crippen molar-refractivity contribution in [3.8, 4) is 11.3 Å². The van der Waals surface area contributed by atoms with Gasteiger partial charge in [-0.05, 0) is 25.8 Å². The van der Waals surface area contributed by atoms with Crippen LogP contribution >= 0.6 is 11.3 Å². The van der Waals surface area contributed by atoms with Gasteiger partial charge in [0, 0.05) is 49.0 Å². The summed E-state index contributed by atoms with van der Waals surface area (Å²) in [6.45, 7) is 4.56. The lowest BCUT2D eigenvalue weighted by Gasteiger charge is -2.34. The summed E-state index contributed by atoms with van der Waals surface area (Å²) in [5, 5.41) is 11.6. The van der Waals surface area contributed by atoms with Gasteiger partial charge in [-0.3, -0.25) is 5.10 Å². The van der Waals surface area contributed by atoms with Crippen LogP contribution in [0, 0.1) is 6.92 Å². The van der Waals surface area contributed by atoms with Gasteiger partial charge in [0.2, 0.25) is 5.95 Å². The van der Waals surface area contributed by atoms with Gasteiger partial charge in [0.05, 0.1) is 17.5 Å². The monoisotopic (exact) mass is 383 g/mol. The third-order valence-electron chi connectivity index (χ3n) is 5.08. The molecular weight excluding hydrogens is 362 g/mol. The summed E-state index contributed by atoms with van der Waals surface area (Å²) in [4.78, 5) is 17.2. The highest BCUT2D eigenvalue weighted by Crippen LogP contribution is 2.40. The Labute approximate surface area is 161 Å². The van der Waals surface area contributed by atoms with Crippen LogP contribution in [0.2, 0.25) is 0 Å². The number of aryl methyl sites for hydroxylation is 1. The fourth-order valence-corrected chi connectivity index (χ4v) is 4.72. The number of aromatic amines is 1. The molecule has 0 spiro atoms. The standard InChI is InChI=1S/C18H21N7OS/c1-11-2-6-19-17(21-11)23-18-22-15-13-10-20-24-16(13)25(7-3-14(15)27-18)12-4-8-26-9-5-12/h2,6,10,12H,3-5,7-9H2,1H3,(H,20,24)(H,19,21,22,23). The first-order valence-electron chi connectivity index (χ1n) is 9.22. The molecule has 2 aliphatic rings. The Balaban J connectivity index is 1.45. The Morgan fingerprint density at radius 3 is 3.04 bits per heavy atom. The van der Waals surface area contributed by atoms with Gasteiger partial charge in [0.25, 0.3) is 0 Å². The van der Waals surface area contributed by atoms with Gasteiger partial charge < -0.3 is 15.0 Å². The van der Waals surface area contributed by atoms with Gasteiger partial charge in [0.15, 0.2) is 5.13 Å². The Morgan fingerprint density at radius 2 is 2.19 bits per heavy atom. The van der Waals surface area contributed by atoms with Crippen molar-refractivity contribution in [2.75, 3.05) is 30.0 Å². The number of nitrogens with one attached hydrogen (secondary N) is 2. The van der Waals surface area contributed by atoms with Crippen molar-refractivity contribution in [2.45, 2.75) is 32.2 Å². The third kappa shape index (κ3) is 3.17. The Kier molecular flexibility index (Phi) is 4.25. The van der Waals surface area contributed by atoms with Crippen molar-refractivity contribution in [2.24, 2.45) is 0 Å². The van der Waals surface area contributed by atoms with Crippen LogP contribution in [-0.4, -0.2) is 50.9 Å². The van der Waals surface area contributed by atoms with Crippen molar-refractivity contribution < 1.29 is 4.74 Å². The van der Waals surface area contributed by atoms with Crippen LogP contribution in [0.5, 0.6) is 0 Å². The summed E-state index contributed by atoms with van der Waals surface area (Å²) >= 11 is 1.67. The average molecular weight is 383 g/mol. The van der Waals surface area contributed by atoms with Crippen LogP contribution < -0.4 is 10.2 Å². The molecule has 0 aliphatic carbocycles. The van der Waals surface area contributed by atoms with Gasteiger partial charge in [-0.25, -0.2) is 15.0 Å². The minimum atomic E-state index is 0.491. The molecule has 0 bridgehead atoms. The van der Waals surface area contributed by atoms with Crippen LogP contribution in [0.15, 0.2) is 18.5 Å². The second-order valence-corrected chi connectivity index (χ2v) is 7.94. The van der Waals surface area contributed by atoms with E-state index in [1.807, 2.05) is 19.2 Å². The summed E-state index contributed by atoms with van der Waals surface area (Å²) in [5.74, 6) is 1.65. The van der Waals surface area contributed by atoms with E-state index in [9.17, 15) is 0 Å². The molecule has 5 rings (SSSR count). The number of hydrogen-bond acceptors (Lipinski definition) is 8. The molecule has 0 saturated carbocycles. The zero-order valence-electron chi connectivity index (χ0n) is 15.1. The molecule has 0 amide bonds. The molecular formula is C18H21N7OS. The van der Waals surface area contributed by atoms with E-state index in [-0.39, 0.29) is 0 Å². The molecule has 1 saturated heterocycles. The van der Waals surface area contributed by atoms with E-state index in [0.717, 1.165) is 66.9 Å². The normalized spacial score (nSPS) is 17.3. The number of fused-ring (bicyclic) bond motifs is 3. The quantitative estimate of drug-likeness (QED) is 0.718. The van der Waals surface area contributed by atoms with Crippen LogP contribution in [0.3, 0.4) is 0 Å². The topological polar surface area (TPSA) is 91.8 Å². The molecule has 0 unspecified atom stereocenters. The Hall–Kier alpha value is -2.52. The van der Waals surface area contributed by atoms with Crippen molar-refractivity contribution >= 4 is 28.2 Å². The van der Waals surface area contributed by atoms with Crippen molar-refractivity contribution in [3.05, 3.63) is 29.0 Å². The molecule has 2 aliphatic heterocycles. The molecule has 27 heavy (non-hydrogen) atoms. The summed E-state index contributed by atoms with van der Waals surface area (Å²) in [6, 6.07) is 2.37. The number of H-pyrrole nitrogens is 1. The Bertz CT molecular complexity index is 947. The molecule has 9 heteroatoms. The maximum absolute atomic E-state index is 5.54. The Morgan fingerprint density at radius 1 is 1.30 bits per heavy atom. The van der Waals surface area contributed by atoms with E-state index in [0.29, 0.717) is 12.0 Å². The average Bonchev–Trinajstić information content (AvgIpc) is 3.27. The SMILES string of the molecule is Cc1ccnc(Nc2nc3c(s2)CCN(C2CCOCC2)c2[nH]ncc2-3)n1. The van der Waals surface area contributed by atoms with Gasteiger partial charge >= 0.3 is 0 Å². The van der Waals surface area contributed by atoms with Gasteiger partial charge in [0.1, 0.15) is 5.82 Å². The number of hydrogen-bond donors (Lipinski definition) is 2. The highest BCUT2D eigenvalue weighted by atomic mass is 32.1. The smallest absolute Gasteiger partial charge is 0.229 e. The number of aromatic nitrogens is 5. The predicted molar refractivity (Wildman–Crippen MR) is 105 cm³/mol. The molecule has 0 aromatic carbocycles. The lowest BCUT2D eigenvalue weighted by atomic mass is 10.1. The van der Waals surface area contributed by atoms with Crippen molar-refractivity contribution in [1.82, 2.24) is 25.1 Å². The number of rotatable bonds is 3. The summed E-state index contributed by atoms with van der Waals surface area (Å²) in [7, 11) is 0. The van der Waals surface area contributed by atoms with Crippen LogP contribution in [0.25, 0.3) is 11.3 Å². The second kappa shape index (κ2) is 6.90. The maximum atomic E-state index is 5.54. The number of ether oxygens (including phenoxy) is 1. The van der Waals surface area contributed by atoms with E-state index >= 15 is 0 Å². The molecule has 0 radical (unpaired) electrons. The molecule has 5 heterocycles. The van der Waals surface area contributed by atoms with Crippen molar-refractivity contribution in [3.63, 3.8) is 0 Å². The minimum absolute atomic E-state index is 0.491. The first kappa shape index (κ1) is 16.6. The second-order valence-electron chi connectivity index (χ2n) is 6.86. The molecule has 8 nitrogen and oxygen atoms in total. The lowest BCUT2D eigenvalue weighted by Crippen LogP contribution is -2.40. The lowest BCUT2D eigenvalue weighted by molar-refractivity contribution is 0.0843. The maximum Gasteiger partial charge on any atom is 0.229 e. The summed E-state index contributed by atoms with van der Waals surface area (Å²) in [6.07, 6.45) is 6.71. The fraction of sp³-hybridized carbons (Fsp3) is 0.444. The first-order chi connectivity index (χ1) is 13.3.